The number of aromatic amines is 1. The Morgan fingerprint density at radius 2 is 1.32 bits per heavy atom. The summed E-state index contributed by atoms with van der Waals surface area (Å²) in [6, 6.07) is -5.89. The summed E-state index contributed by atoms with van der Waals surface area (Å²) in [5, 5.41) is 25.0. The molecule has 1 aromatic heterocycles. The number of amides is 5. The summed E-state index contributed by atoms with van der Waals surface area (Å²) in [5.74, 6) is -7.36. The molecule has 0 bridgehead atoms. The average molecular weight is 527 g/mol. The number of nitrogens with two attached hydrogens (primary N) is 3. The van der Waals surface area contributed by atoms with Crippen molar-refractivity contribution in [2.24, 2.45) is 17.2 Å². The highest BCUT2D eigenvalue weighted by atomic mass is 16.4. The number of carbonyl (C=O) groups excluding carboxylic acids is 5. The van der Waals surface area contributed by atoms with Gasteiger partial charge in [0.05, 0.1) is 18.8 Å². The van der Waals surface area contributed by atoms with Crippen molar-refractivity contribution in [2.45, 2.75) is 62.7 Å². The number of rotatable bonds is 17. The van der Waals surface area contributed by atoms with Gasteiger partial charge >= 0.3 is 11.9 Å². The number of hydrogen-bond acceptors (Lipinski definition) is 9. The molecule has 0 radical (unpaired) electrons. The van der Waals surface area contributed by atoms with Crippen LogP contribution in [0.15, 0.2) is 12.5 Å². The molecule has 0 aliphatic rings. The zero-order chi connectivity index (χ0) is 28.1. The molecule has 17 heteroatoms. The first kappa shape index (κ1) is 30.5. The maximum Gasteiger partial charge on any atom is 0.326 e. The minimum Gasteiger partial charge on any atom is -0.481 e. The van der Waals surface area contributed by atoms with Crippen molar-refractivity contribution >= 4 is 41.5 Å². The first-order valence-corrected chi connectivity index (χ1v) is 10.9. The minimum atomic E-state index is -1.52. The first-order valence-electron chi connectivity index (χ1n) is 10.9. The monoisotopic (exact) mass is 526 g/mol. The number of carboxylic acids is 2. The SMILES string of the molecule is NC(=O)CCC(NC(=O)C(N)CC(=O)O)C(=O)NC(CCC(N)=O)C(=O)NC(Cc1cnc[nH]1)C(=O)O. The molecule has 204 valence electrons. The summed E-state index contributed by atoms with van der Waals surface area (Å²) < 4.78 is 0. The van der Waals surface area contributed by atoms with E-state index in [1.807, 2.05) is 0 Å². The summed E-state index contributed by atoms with van der Waals surface area (Å²) in [6.07, 6.45) is 0.383. The molecule has 0 aliphatic carbocycles. The van der Waals surface area contributed by atoms with Crippen LogP contribution in [0.4, 0.5) is 0 Å². The van der Waals surface area contributed by atoms with Crippen LogP contribution in [0.25, 0.3) is 0 Å². The smallest absolute Gasteiger partial charge is 0.326 e. The number of nitrogens with one attached hydrogen (secondary N) is 4. The van der Waals surface area contributed by atoms with Crippen LogP contribution < -0.4 is 33.2 Å². The average Bonchev–Trinajstić information content (AvgIpc) is 3.30. The van der Waals surface area contributed by atoms with E-state index in [0.717, 1.165) is 0 Å². The van der Waals surface area contributed by atoms with Gasteiger partial charge in [-0.05, 0) is 12.8 Å². The fraction of sp³-hybridized carbons (Fsp3) is 0.500. The van der Waals surface area contributed by atoms with Crippen LogP contribution in [-0.4, -0.2) is 85.8 Å². The van der Waals surface area contributed by atoms with E-state index in [4.69, 9.17) is 22.3 Å². The highest BCUT2D eigenvalue weighted by Gasteiger charge is 2.31. The Hall–Kier alpha value is -4.54. The van der Waals surface area contributed by atoms with E-state index in [1.165, 1.54) is 12.5 Å². The van der Waals surface area contributed by atoms with Gasteiger partial charge in [0.2, 0.25) is 29.5 Å². The summed E-state index contributed by atoms with van der Waals surface area (Å²) in [7, 11) is 0. The van der Waals surface area contributed by atoms with Crippen molar-refractivity contribution in [1.29, 1.82) is 0 Å². The number of carboxylic acid groups (broad SMARTS) is 2. The lowest BCUT2D eigenvalue weighted by molar-refractivity contribution is -0.142. The second kappa shape index (κ2) is 14.8. The molecule has 0 saturated carbocycles. The van der Waals surface area contributed by atoms with E-state index in [1.54, 1.807) is 0 Å². The standard InChI is InChI=1S/C20H30N8O9/c21-10(6-16(31)32)17(33)26-11(1-3-14(22)29)18(34)27-12(2-4-15(23)30)19(35)28-13(20(36)37)5-9-7-24-8-25-9/h7-8,10-13H,1-6,21H2,(H2,22,29)(H2,23,30)(H,24,25)(H,26,33)(H,27,34)(H,28,35)(H,31,32)(H,36,37). The second-order valence-corrected chi connectivity index (χ2v) is 8.02. The Bertz CT molecular complexity index is 998. The quantitative estimate of drug-likeness (QED) is 0.0937. The molecule has 1 aromatic rings. The Morgan fingerprint density at radius 1 is 0.838 bits per heavy atom. The molecule has 1 heterocycles. The number of imidazole rings is 1. The van der Waals surface area contributed by atoms with E-state index in [9.17, 15) is 38.7 Å². The number of primary amides is 2. The Kier molecular flexibility index (Phi) is 12.2. The van der Waals surface area contributed by atoms with Crippen molar-refractivity contribution in [3.63, 3.8) is 0 Å². The van der Waals surface area contributed by atoms with Gasteiger partial charge in [-0.3, -0.25) is 28.8 Å². The molecular formula is C20H30N8O9. The van der Waals surface area contributed by atoms with Crippen LogP contribution in [0.5, 0.6) is 0 Å². The summed E-state index contributed by atoms with van der Waals surface area (Å²) >= 11 is 0. The van der Waals surface area contributed by atoms with Crippen LogP contribution in [0, 0.1) is 0 Å². The molecule has 4 atom stereocenters. The largest absolute Gasteiger partial charge is 0.481 e. The van der Waals surface area contributed by atoms with E-state index in [2.05, 4.69) is 25.9 Å². The predicted molar refractivity (Wildman–Crippen MR) is 123 cm³/mol. The third kappa shape index (κ3) is 11.6. The number of nitrogens with zero attached hydrogens (tertiary/aromatic N) is 1. The molecule has 37 heavy (non-hydrogen) atoms. The lowest BCUT2D eigenvalue weighted by Gasteiger charge is -2.25. The van der Waals surface area contributed by atoms with E-state index < -0.39 is 72.1 Å². The zero-order valence-corrected chi connectivity index (χ0v) is 19.6. The molecule has 0 saturated heterocycles. The van der Waals surface area contributed by atoms with E-state index >= 15 is 0 Å². The second-order valence-electron chi connectivity index (χ2n) is 8.02. The van der Waals surface area contributed by atoms with Gasteiger partial charge in [-0.1, -0.05) is 0 Å². The van der Waals surface area contributed by atoms with E-state index in [-0.39, 0.29) is 32.1 Å². The summed E-state index contributed by atoms with van der Waals surface area (Å²) in [5.41, 5.74) is 16.1. The molecule has 0 aromatic carbocycles. The maximum absolute atomic E-state index is 12.9. The number of H-pyrrole nitrogens is 1. The Morgan fingerprint density at radius 3 is 1.73 bits per heavy atom. The van der Waals surface area contributed by atoms with Gasteiger partial charge in [0.1, 0.15) is 18.1 Å². The molecule has 12 N–H and O–H groups in total. The molecular weight excluding hydrogens is 496 g/mol. The number of aromatic nitrogens is 2. The minimum absolute atomic E-state index is 0.170. The van der Waals surface area contributed by atoms with Crippen LogP contribution in [-0.2, 0) is 40.0 Å². The Labute approximate surface area is 209 Å². The Balaban J connectivity index is 3.04. The van der Waals surface area contributed by atoms with Crippen LogP contribution in [0.3, 0.4) is 0 Å². The topological polar surface area (TPSA) is 303 Å². The zero-order valence-electron chi connectivity index (χ0n) is 19.6. The third-order valence-corrected chi connectivity index (χ3v) is 4.95. The fourth-order valence-corrected chi connectivity index (χ4v) is 3.03. The maximum atomic E-state index is 12.9. The van der Waals surface area contributed by atoms with Crippen molar-refractivity contribution in [1.82, 2.24) is 25.9 Å². The van der Waals surface area contributed by atoms with Crippen LogP contribution >= 0.6 is 0 Å². The lowest BCUT2D eigenvalue weighted by Crippen LogP contribution is -2.57. The lowest BCUT2D eigenvalue weighted by atomic mass is 10.1. The van der Waals surface area contributed by atoms with Gasteiger partial charge in [-0.25, -0.2) is 9.78 Å². The molecule has 5 amide bonds. The molecule has 0 fully saturated rings. The van der Waals surface area contributed by atoms with Crippen molar-refractivity contribution in [3.05, 3.63) is 18.2 Å². The van der Waals surface area contributed by atoms with Crippen molar-refractivity contribution in [2.75, 3.05) is 0 Å². The normalized spacial score (nSPS) is 13.9. The van der Waals surface area contributed by atoms with Gasteiger partial charge in [0, 0.05) is 31.2 Å². The molecule has 17 nitrogen and oxygen atoms in total. The fourth-order valence-electron chi connectivity index (χ4n) is 3.03. The van der Waals surface area contributed by atoms with Gasteiger partial charge < -0.3 is 48.3 Å². The number of carbonyl (C=O) groups is 7. The number of aliphatic carboxylic acids is 2. The van der Waals surface area contributed by atoms with Gasteiger partial charge in [-0.15, -0.1) is 0 Å². The van der Waals surface area contributed by atoms with Crippen molar-refractivity contribution in [3.8, 4) is 0 Å². The van der Waals surface area contributed by atoms with Crippen molar-refractivity contribution < 1.29 is 43.8 Å². The molecule has 1 rings (SSSR count). The summed E-state index contributed by atoms with van der Waals surface area (Å²) in [4.78, 5) is 89.4. The van der Waals surface area contributed by atoms with Gasteiger partial charge in [0.15, 0.2) is 0 Å². The van der Waals surface area contributed by atoms with E-state index in [0.29, 0.717) is 5.69 Å². The first-order chi connectivity index (χ1) is 17.3. The molecule has 0 aliphatic heterocycles. The van der Waals surface area contributed by atoms with Gasteiger partial charge in [0.25, 0.3) is 0 Å². The molecule has 0 spiro atoms. The van der Waals surface area contributed by atoms with Crippen LogP contribution in [0.1, 0.15) is 37.8 Å². The number of hydrogen-bond donors (Lipinski definition) is 9. The summed E-state index contributed by atoms with van der Waals surface area (Å²) in [6.45, 7) is 0. The van der Waals surface area contributed by atoms with Crippen LogP contribution in [0.2, 0.25) is 0 Å². The predicted octanol–water partition coefficient (Wildman–Crippen LogP) is -4.18. The molecule has 4 unspecified atom stereocenters. The highest BCUT2D eigenvalue weighted by Crippen LogP contribution is 2.06. The van der Waals surface area contributed by atoms with Gasteiger partial charge in [-0.2, -0.15) is 0 Å². The highest BCUT2D eigenvalue weighted by molar-refractivity contribution is 5.95. The third-order valence-electron chi connectivity index (χ3n) is 4.95.